The molecule has 0 aliphatic rings. The van der Waals surface area contributed by atoms with Crippen LogP contribution in [0.3, 0.4) is 0 Å². The zero-order valence-corrected chi connectivity index (χ0v) is 8.60. The molecule has 0 radical (unpaired) electrons. The van der Waals surface area contributed by atoms with Gasteiger partial charge in [0.25, 0.3) is 0 Å². The number of hydrogen-bond acceptors (Lipinski definition) is 4. The molecule has 1 aromatic rings. The first-order valence-corrected chi connectivity index (χ1v) is 4.45. The summed E-state index contributed by atoms with van der Waals surface area (Å²) >= 11 is 0. The average Bonchev–Trinajstić information content (AvgIpc) is 2.18. The fourth-order valence-electron chi connectivity index (χ4n) is 1.26. The minimum atomic E-state index is -1.39. The Balaban J connectivity index is 2.79. The van der Waals surface area contributed by atoms with E-state index in [4.69, 9.17) is 14.9 Å². The van der Waals surface area contributed by atoms with Gasteiger partial charge in [0.05, 0.1) is 7.11 Å². The summed E-state index contributed by atoms with van der Waals surface area (Å²) < 4.78 is 4.96. The SMILES string of the molecule is COc1ncc(CC(O)C(=O)O)cc1C. The van der Waals surface area contributed by atoms with Gasteiger partial charge in [0.1, 0.15) is 0 Å². The summed E-state index contributed by atoms with van der Waals surface area (Å²) in [5.41, 5.74) is 1.48. The lowest BCUT2D eigenvalue weighted by atomic mass is 10.1. The molecule has 5 heteroatoms. The fourth-order valence-corrected chi connectivity index (χ4v) is 1.26. The Morgan fingerprint density at radius 3 is 2.80 bits per heavy atom. The summed E-state index contributed by atoms with van der Waals surface area (Å²) in [4.78, 5) is 14.4. The first kappa shape index (κ1) is 11.5. The molecule has 0 amide bonds. The normalized spacial score (nSPS) is 12.2. The summed E-state index contributed by atoms with van der Waals surface area (Å²) in [6.07, 6.45) is 0.158. The molecule has 1 rings (SSSR count). The van der Waals surface area contributed by atoms with Gasteiger partial charge in [-0.05, 0) is 18.6 Å². The van der Waals surface area contributed by atoms with Gasteiger partial charge in [-0.1, -0.05) is 0 Å². The zero-order chi connectivity index (χ0) is 11.4. The molecule has 0 aliphatic heterocycles. The van der Waals surface area contributed by atoms with Crippen LogP contribution in [0.2, 0.25) is 0 Å². The van der Waals surface area contributed by atoms with Gasteiger partial charge in [-0.25, -0.2) is 9.78 Å². The molecule has 5 nitrogen and oxygen atoms in total. The van der Waals surface area contributed by atoms with E-state index in [0.29, 0.717) is 11.4 Å². The Morgan fingerprint density at radius 1 is 1.67 bits per heavy atom. The minimum absolute atomic E-state index is 0.0488. The maximum atomic E-state index is 10.4. The van der Waals surface area contributed by atoms with E-state index < -0.39 is 12.1 Å². The molecular weight excluding hydrogens is 198 g/mol. The number of carbonyl (C=O) groups is 1. The number of hydrogen-bond donors (Lipinski definition) is 2. The van der Waals surface area contributed by atoms with Gasteiger partial charge < -0.3 is 14.9 Å². The molecule has 0 aliphatic carbocycles. The van der Waals surface area contributed by atoms with Crippen molar-refractivity contribution in [1.29, 1.82) is 0 Å². The maximum Gasteiger partial charge on any atom is 0.332 e. The van der Waals surface area contributed by atoms with Crippen molar-refractivity contribution in [3.05, 3.63) is 23.4 Å². The van der Waals surface area contributed by atoms with Crippen LogP contribution in [-0.2, 0) is 11.2 Å². The standard InChI is InChI=1S/C10H13NO4/c1-6-3-7(4-8(12)10(13)14)5-11-9(6)15-2/h3,5,8,12H,4H2,1-2H3,(H,13,14). The largest absolute Gasteiger partial charge is 0.481 e. The first-order chi connectivity index (χ1) is 7.04. The molecule has 1 aromatic heterocycles. The molecule has 15 heavy (non-hydrogen) atoms. The van der Waals surface area contributed by atoms with Gasteiger partial charge >= 0.3 is 5.97 Å². The van der Waals surface area contributed by atoms with Crippen molar-refractivity contribution in [2.75, 3.05) is 7.11 Å². The molecule has 0 fully saturated rings. The number of aliphatic hydroxyl groups excluding tert-OH is 1. The Hall–Kier alpha value is -1.62. The van der Waals surface area contributed by atoms with Crippen LogP contribution in [0.25, 0.3) is 0 Å². The highest BCUT2D eigenvalue weighted by Crippen LogP contribution is 2.15. The third kappa shape index (κ3) is 2.92. The number of aliphatic carboxylic acids is 1. The fraction of sp³-hybridized carbons (Fsp3) is 0.400. The number of methoxy groups -OCH3 is 1. The number of carboxylic acids is 1. The van der Waals surface area contributed by atoms with Crippen LogP contribution in [0.1, 0.15) is 11.1 Å². The molecule has 1 heterocycles. The number of pyridine rings is 1. The van der Waals surface area contributed by atoms with Crippen molar-refractivity contribution in [2.45, 2.75) is 19.4 Å². The third-order valence-electron chi connectivity index (χ3n) is 1.99. The predicted octanol–water partition coefficient (Wildman–Crippen LogP) is 0.387. The molecule has 0 saturated heterocycles. The lowest BCUT2D eigenvalue weighted by Crippen LogP contribution is -2.22. The van der Waals surface area contributed by atoms with Crippen molar-refractivity contribution in [2.24, 2.45) is 0 Å². The van der Waals surface area contributed by atoms with E-state index in [9.17, 15) is 4.79 Å². The molecule has 2 N–H and O–H groups in total. The second kappa shape index (κ2) is 4.75. The van der Waals surface area contributed by atoms with Gasteiger partial charge in [-0.2, -0.15) is 0 Å². The number of carboxylic acid groups (broad SMARTS) is 1. The van der Waals surface area contributed by atoms with Crippen molar-refractivity contribution in [3.63, 3.8) is 0 Å². The van der Waals surface area contributed by atoms with E-state index in [0.717, 1.165) is 5.56 Å². The number of ether oxygens (including phenoxy) is 1. The second-order valence-corrected chi connectivity index (χ2v) is 3.23. The predicted molar refractivity (Wildman–Crippen MR) is 52.9 cm³/mol. The topological polar surface area (TPSA) is 79.7 Å². The number of rotatable bonds is 4. The Morgan fingerprint density at radius 2 is 2.33 bits per heavy atom. The Kier molecular flexibility index (Phi) is 3.62. The van der Waals surface area contributed by atoms with Crippen LogP contribution in [0.5, 0.6) is 5.88 Å². The number of aryl methyl sites for hydroxylation is 1. The van der Waals surface area contributed by atoms with Crippen LogP contribution in [-0.4, -0.2) is 34.4 Å². The molecule has 1 atom stereocenters. The molecule has 0 aromatic carbocycles. The Labute approximate surface area is 87.3 Å². The molecular formula is C10H13NO4. The first-order valence-electron chi connectivity index (χ1n) is 4.45. The van der Waals surface area contributed by atoms with Crippen LogP contribution in [0.4, 0.5) is 0 Å². The maximum absolute atomic E-state index is 10.4. The van der Waals surface area contributed by atoms with Crippen LogP contribution >= 0.6 is 0 Å². The molecule has 1 unspecified atom stereocenters. The third-order valence-corrected chi connectivity index (χ3v) is 1.99. The summed E-state index contributed by atoms with van der Waals surface area (Å²) in [5, 5.41) is 17.7. The van der Waals surface area contributed by atoms with Gasteiger partial charge in [0, 0.05) is 18.2 Å². The van der Waals surface area contributed by atoms with E-state index in [1.807, 2.05) is 6.92 Å². The summed E-state index contributed by atoms with van der Waals surface area (Å²) in [6, 6.07) is 1.75. The van der Waals surface area contributed by atoms with E-state index in [-0.39, 0.29) is 6.42 Å². The molecule has 0 saturated carbocycles. The molecule has 0 bridgehead atoms. The summed E-state index contributed by atoms with van der Waals surface area (Å²) in [7, 11) is 1.51. The lowest BCUT2D eigenvalue weighted by Gasteiger charge is -2.08. The molecule has 0 spiro atoms. The van der Waals surface area contributed by atoms with Gasteiger partial charge in [0.2, 0.25) is 5.88 Å². The smallest absolute Gasteiger partial charge is 0.332 e. The zero-order valence-electron chi connectivity index (χ0n) is 8.60. The highest BCUT2D eigenvalue weighted by atomic mass is 16.5. The second-order valence-electron chi connectivity index (χ2n) is 3.23. The summed E-state index contributed by atoms with van der Waals surface area (Å²) in [5.74, 6) is -0.730. The van der Waals surface area contributed by atoms with Crippen LogP contribution in [0.15, 0.2) is 12.3 Å². The minimum Gasteiger partial charge on any atom is -0.481 e. The van der Waals surface area contributed by atoms with Gasteiger partial charge in [-0.3, -0.25) is 0 Å². The van der Waals surface area contributed by atoms with E-state index in [2.05, 4.69) is 4.98 Å². The van der Waals surface area contributed by atoms with E-state index in [1.54, 1.807) is 6.07 Å². The number of aliphatic hydroxyl groups is 1. The quantitative estimate of drug-likeness (QED) is 0.753. The van der Waals surface area contributed by atoms with Crippen LogP contribution < -0.4 is 4.74 Å². The average molecular weight is 211 g/mol. The van der Waals surface area contributed by atoms with Crippen molar-refractivity contribution in [3.8, 4) is 5.88 Å². The van der Waals surface area contributed by atoms with Crippen LogP contribution in [0, 0.1) is 6.92 Å². The summed E-state index contributed by atoms with van der Waals surface area (Å²) in [6.45, 7) is 1.81. The molecule has 82 valence electrons. The number of nitrogens with zero attached hydrogens (tertiary/aromatic N) is 1. The van der Waals surface area contributed by atoms with E-state index >= 15 is 0 Å². The van der Waals surface area contributed by atoms with Crippen molar-refractivity contribution < 1.29 is 19.7 Å². The van der Waals surface area contributed by atoms with E-state index in [1.165, 1.54) is 13.3 Å². The lowest BCUT2D eigenvalue weighted by molar-refractivity contribution is -0.146. The van der Waals surface area contributed by atoms with Crippen molar-refractivity contribution >= 4 is 5.97 Å². The van der Waals surface area contributed by atoms with Gasteiger partial charge in [-0.15, -0.1) is 0 Å². The Bertz CT molecular complexity index is 364. The highest BCUT2D eigenvalue weighted by Gasteiger charge is 2.14. The van der Waals surface area contributed by atoms with Gasteiger partial charge in [0.15, 0.2) is 6.10 Å². The monoisotopic (exact) mass is 211 g/mol. The van der Waals surface area contributed by atoms with Crippen molar-refractivity contribution in [1.82, 2.24) is 4.98 Å². The number of aromatic nitrogens is 1. The highest BCUT2D eigenvalue weighted by molar-refractivity contribution is 5.72.